The standard InChI is InChI=1S/C22H23N3O3/c1-4-19-24-20-15-7-5-6-8-16(15)28-21(20)22(25-19)23-12-11-14-9-10-17(26-2)18(13-14)27-3/h5-10,13H,4,11-12H2,1-3H3,(H,23,24,25)/p+1. The summed E-state index contributed by atoms with van der Waals surface area (Å²) in [5, 5.41) is 3.16. The lowest BCUT2D eigenvalue weighted by atomic mass is 10.1. The Bertz CT molecular complexity index is 1120. The number of para-hydroxylation sites is 1. The van der Waals surface area contributed by atoms with Crippen LogP contribution in [0, 0.1) is 0 Å². The van der Waals surface area contributed by atoms with Gasteiger partial charge in [-0.3, -0.25) is 5.32 Å². The van der Waals surface area contributed by atoms with Crippen LogP contribution in [-0.2, 0) is 12.8 Å². The molecule has 144 valence electrons. The number of aryl methyl sites for hydroxylation is 1. The first kappa shape index (κ1) is 18.3. The Balaban J connectivity index is 1.59. The Morgan fingerprint density at radius 2 is 1.82 bits per heavy atom. The van der Waals surface area contributed by atoms with E-state index >= 15 is 0 Å². The first-order chi connectivity index (χ1) is 13.7. The Hall–Kier alpha value is -3.12. The van der Waals surface area contributed by atoms with Crippen LogP contribution in [-0.4, -0.2) is 30.7 Å². The highest BCUT2D eigenvalue weighted by Crippen LogP contribution is 2.30. The van der Waals surface area contributed by atoms with Crippen molar-refractivity contribution in [2.45, 2.75) is 19.8 Å². The molecule has 0 bridgehead atoms. The molecule has 4 aromatic rings. The van der Waals surface area contributed by atoms with Gasteiger partial charge in [0.15, 0.2) is 11.5 Å². The number of rotatable bonds is 7. The van der Waals surface area contributed by atoms with E-state index in [1.54, 1.807) is 14.2 Å². The normalized spacial score (nSPS) is 11.2. The van der Waals surface area contributed by atoms with Crippen molar-refractivity contribution < 1.29 is 19.2 Å². The second-order valence-corrected chi connectivity index (χ2v) is 6.59. The van der Waals surface area contributed by atoms with Crippen LogP contribution >= 0.6 is 0 Å². The quantitative estimate of drug-likeness (QED) is 0.534. The van der Waals surface area contributed by atoms with Crippen molar-refractivity contribution in [2.24, 2.45) is 0 Å². The van der Waals surface area contributed by atoms with Crippen molar-refractivity contribution in [1.82, 2.24) is 9.97 Å². The molecule has 2 aromatic carbocycles. The van der Waals surface area contributed by atoms with Crippen LogP contribution in [0.25, 0.3) is 22.1 Å². The lowest BCUT2D eigenvalue weighted by Crippen LogP contribution is -2.79. The molecule has 6 nitrogen and oxygen atoms in total. The van der Waals surface area contributed by atoms with Crippen molar-refractivity contribution in [3.05, 3.63) is 53.9 Å². The van der Waals surface area contributed by atoms with Gasteiger partial charge in [-0.2, -0.15) is 4.98 Å². The molecule has 4 rings (SSSR count). The third kappa shape index (κ3) is 3.39. The zero-order valence-corrected chi connectivity index (χ0v) is 16.4. The summed E-state index contributed by atoms with van der Waals surface area (Å²) in [6.45, 7) is 2.90. The smallest absolute Gasteiger partial charge is 0.272 e. The molecule has 2 heterocycles. The van der Waals surface area contributed by atoms with Gasteiger partial charge in [-0.05, 0) is 29.8 Å². The summed E-state index contributed by atoms with van der Waals surface area (Å²) < 4.78 is 16.8. The zero-order valence-electron chi connectivity index (χ0n) is 16.4. The van der Waals surface area contributed by atoms with E-state index in [1.165, 1.54) is 5.56 Å². The van der Waals surface area contributed by atoms with Crippen LogP contribution in [0.1, 0.15) is 18.3 Å². The fraction of sp³-hybridized carbons (Fsp3) is 0.273. The van der Waals surface area contributed by atoms with Gasteiger partial charge in [0.1, 0.15) is 16.9 Å². The van der Waals surface area contributed by atoms with E-state index in [4.69, 9.17) is 23.9 Å². The first-order valence-corrected chi connectivity index (χ1v) is 9.45. The fourth-order valence-electron chi connectivity index (χ4n) is 3.37. The van der Waals surface area contributed by atoms with Crippen LogP contribution in [0.2, 0.25) is 0 Å². The van der Waals surface area contributed by atoms with E-state index in [9.17, 15) is 0 Å². The predicted octanol–water partition coefficient (Wildman–Crippen LogP) is 3.39. The van der Waals surface area contributed by atoms with Gasteiger partial charge in [-0.15, -0.1) is 0 Å². The summed E-state index contributed by atoms with van der Waals surface area (Å²) in [4.78, 5) is 9.40. The summed E-state index contributed by atoms with van der Waals surface area (Å²) in [5.41, 5.74) is 3.67. The fourth-order valence-corrected chi connectivity index (χ4v) is 3.37. The van der Waals surface area contributed by atoms with Crippen molar-refractivity contribution in [3.63, 3.8) is 0 Å². The number of nitrogens with zero attached hydrogens (tertiary/aromatic N) is 2. The van der Waals surface area contributed by atoms with Gasteiger partial charge < -0.3 is 13.9 Å². The van der Waals surface area contributed by atoms with Gasteiger partial charge in [-0.25, -0.2) is 4.98 Å². The van der Waals surface area contributed by atoms with Gasteiger partial charge in [0.25, 0.3) is 5.82 Å². The summed E-state index contributed by atoms with van der Waals surface area (Å²) in [5.74, 6) is 3.17. The minimum absolute atomic E-state index is 0.739. The molecule has 2 aromatic heterocycles. The third-order valence-electron chi connectivity index (χ3n) is 4.83. The second kappa shape index (κ2) is 7.86. The van der Waals surface area contributed by atoms with Crippen molar-refractivity contribution >= 4 is 27.9 Å². The monoisotopic (exact) mass is 378 g/mol. The van der Waals surface area contributed by atoms with Crippen LogP contribution in [0.4, 0.5) is 5.82 Å². The highest BCUT2D eigenvalue weighted by Gasteiger charge is 2.18. The minimum atomic E-state index is 0.739. The van der Waals surface area contributed by atoms with Crippen molar-refractivity contribution in [2.75, 3.05) is 20.8 Å². The Labute approximate surface area is 163 Å². The molecule has 0 spiro atoms. The molecule has 0 saturated heterocycles. The number of fused-ring (bicyclic) bond motifs is 3. The molecule has 28 heavy (non-hydrogen) atoms. The summed E-state index contributed by atoms with van der Waals surface area (Å²) in [6.07, 6.45) is 1.65. The van der Waals surface area contributed by atoms with Gasteiger partial charge in [0.05, 0.1) is 20.8 Å². The summed E-state index contributed by atoms with van der Waals surface area (Å²) in [7, 11) is 3.30. The van der Waals surface area contributed by atoms with E-state index in [1.807, 2.05) is 36.4 Å². The maximum absolute atomic E-state index is 6.06. The number of methoxy groups -OCH3 is 2. The van der Waals surface area contributed by atoms with Gasteiger partial charge in [0.2, 0.25) is 5.58 Å². The van der Waals surface area contributed by atoms with E-state index < -0.39 is 0 Å². The number of furan rings is 1. The molecule has 0 amide bonds. The maximum atomic E-state index is 6.06. The number of quaternary nitrogens is 1. The maximum Gasteiger partial charge on any atom is 0.272 e. The van der Waals surface area contributed by atoms with E-state index in [2.05, 4.69) is 18.3 Å². The molecule has 0 fully saturated rings. The molecule has 2 N–H and O–H groups in total. The minimum Gasteiger partial charge on any atom is -0.493 e. The van der Waals surface area contributed by atoms with Crippen LogP contribution < -0.4 is 14.8 Å². The molecule has 0 aliphatic rings. The Kier molecular flexibility index (Phi) is 5.12. The lowest BCUT2D eigenvalue weighted by Gasteiger charge is -2.09. The van der Waals surface area contributed by atoms with E-state index in [0.717, 1.165) is 64.6 Å². The molecule has 0 aliphatic heterocycles. The van der Waals surface area contributed by atoms with E-state index in [0.29, 0.717) is 0 Å². The first-order valence-electron chi connectivity index (χ1n) is 9.45. The number of hydrogen-bond donors (Lipinski definition) is 1. The third-order valence-corrected chi connectivity index (χ3v) is 4.83. The Morgan fingerprint density at radius 1 is 1.00 bits per heavy atom. The number of hydrogen-bond acceptors (Lipinski definition) is 5. The SMILES string of the molecule is CCc1nc([NH2+]CCc2ccc(OC)c(OC)c2)c2oc3ccccc3c2n1. The van der Waals surface area contributed by atoms with Crippen molar-refractivity contribution in [3.8, 4) is 11.5 Å². The number of aromatic nitrogens is 2. The predicted molar refractivity (Wildman–Crippen MR) is 108 cm³/mol. The van der Waals surface area contributed by atoms with Gasteiger partial charge in [-0.1, -0.05) is 25.1 Å². The van der Waals surface area contributed by atoms with Crippen LogP contribution in [0.15, 0.2) is 46.9 Å². The summed E-state index contributed by atoms with van der Waals surface area (Å²) in [6, 6.07) is 14.0. The van der Waals surface area contributed by atoms with E-state index in [-0.39, 0.29) is 0 Å². The van der Waals surface area contributed by atoms with Crippen LogP contribution in [0.5, 0.6) is 11.5 Å². The van der Waals surface area contributed by atoms with Crippen molar-refractivity contribution in [1.29, 1.82) is 0 Å². The average molecular weight is 378 g/mol. The average Bonchev–Trinajstić information content (AvgIpc) is 3.12. The van der Waals surface area contributed by atoms with Crippen LogP contribution in [0.3, 0.4) is 0 Å². The lowest BCUT2D eigenvalue weighted by molar-refractivity contribution is -0.573. The summed E-state index contributed by atoms with van der Waals surface area (Å²) >= 11 is 0. The molecule has 6 heteroatoms. The Morgan fingerprint density at radius 3 is 2.61 bits per heavy atom. The molecular weight excluding hydrogens is 354 g/mol. The number of nitrogens with two attached hydrogens (primary N) is 1. The molecule has 0 saturated carbocycles. The highest BCUT2D eigenvalue weighted by molar-refractivity contribution is 6.04. The topological polar surface area (TPSA) is 74.0 Å². The molecule has 0 radical (unpaired) electrons. The molecule has 0 unspecified atom stereocenters. The number of ether oxygens (including phenoxy) is 2. The second-order valence-electron chi connectivity index (χ2n) is 6.59. The molecule has 0 atom stereocenters. The van der Waals surface area contributed by atoms with Gasteiger partial charge in [0, 0.05) is 18.2 Å². The zero-order chi connectivity index (χ0) is 19.5. The van der Waals surface area contributed by atoms with Gasteiger partial charge >= 0.3 is 0 Å². The molecular formula is C22H24N3O3+. The number of benzene rings is 2. The largest absolute Gasteiger partial charge is 0.493 e. The molecule has 0 aliphatic carbocycles. The highest BCUT2D eigenvalue weighted by atomic mass is 16.5.